The standard InChI is InChI=1S/C16H23N3O/c1-11-8-13(16(3,4)5)6-7-14(11)20-10-19-12(2)9-15(17)18-19/h6-9H,10H2,1-5H3,(H2,17,18). The minimum Gasteiger partial charge on any atom is -0.471 e. The Balaban J connectivity index is 2.13. The van der Waals surface area contributed by atoms with Crippen LogP contribution in [0.25, 0.3) is 0 Å². The molecule has 4 heteroatoms. The Kier molecular flexibility index (Phi) is 3.75. The van der Waals surface area contributed by atoms with Gasteiger partial charge >= 0.3 is 0 Å². The Morgan fingerprint density at radius 1 is 1.20 bits per heavy atom. The third-order valence-electron chi connectivity index (χ3n) is 3.38. The van der Waals surface area contributed by atoms with Crippen LogP contribution < -0.4 is 10.5 Å². The largest absolute Gasteiger partial charge is 0.471 e. The highest BCUT2D eigenvalue weighted by atomic mass is 16.5. The molecular formula is C16H23N3O. The van der Waals surface area contributed by atoms with E-state index in [-0.39, 0.29) is 5.41 Å². The fraction of sp³-hybridized carbons (Fsp3) is 0.438. The first-order chi connectivity index (χ1) is 9.27. The normalized spacial score (nSPS) is 11.7. The average molecular weight is 273 g/mol. The fourth-order valence-corrected chi connectivity index (χ4v) is 2.07. The summed E-state index contributed by atoms with van der Waals surface area (Å²) in [5, 5.41) is 4.18. The number of anilines is 1. The van der Waals surface area contributed by atoms with Crippen LogP contribution in [-0.2, 0) is 12.1 Å². The van der Waals surface area contributed by atoms with Gasteiger partial charge in [0, 0.05) is 11.8 Å². The zero-order chi connectivity index (χ0) is 14.9. The Bertz CT molecular complexity index is 609. The van der Waals surface area contributed by atoms with Crippen LogP contribution >= 0.6 is 0 Å². The molecule has 0 amide bonds. The molecule has 0 saturated carbocycles. The van der Waals surface area contributed by atoms with Crippen molar-refractivity contribution in [3.8, 4) is 5.75 Å². The van der Waals surface area contributed by atoms with E-state index in [4.69, 9.17) is 10.5 Å². The zero-order valence-electron chi connectivity index (χ0n) is 12.9. The van der Waals surface area contributed by atoms with Gasteiger partial charge in [0.1, 0.15) is 11.6 Å². The Hall–Kier alpha value is -1.97. The second kappa shape index (κ2) is 5.19. The molecule has 0 saturated heterocycles. The number of nitrogens with zero attached hydrogens (tertiary/aromatic N) is 2. The molecule has 0 fully saturated rings. The summed E-state index contributed by atoms with van der Waals surface area (Å²) in [6.45, 7) is 11.0. The van der Waals surface area contributed by atoms with Crippen LogP contribution in [0, 0.1) is 13.8 Å². The Labute approximate surface area is 120 Å². The molecule has 0 aliphatic carbocycles. The topological polar surface area (TPSA) is 53.1 Å². The number of benzene rings is 1. The van der Waals surface area contributed by atoms with Crippen molar-refractivity contribution in [3.63, 3.8) is 0 Å². The first-order valence-corrected chi connectivity index (χ1v) is 6.81. The molecule has 0 radical (unpaired) electrons. The quantitative estimate of drug-likeness (QED) is 0.932. The van der Waals surface area contributed by atoms with E-state index in [9.17, 15) is 0 Å². The second-order valence-electron chi connectivity index (χ2n) is 6.21. The lowest BCUT2D eigenvalue weighted by Crippen LogP contribution is -2.12. The van der Waals surface area contributed by atoms with E-state index in [2.05, 4.69) is 44.9 Å². The van der Waals surface area contributed by atoms with Gasteiger partial charge in [0.15, 0.2) is 6.73 Å². The lowest BCUT2D eigenvalue weighted by molar-refractivity contribution is 0.217. The molecular weight excluding hydrogens is 250 g/mol. The summed E-state index contributed by atoms with van der Waals surface area (Å²) in [4.78, 5) is 0. The maximum absolute atomic E-state index is 5.83. The van der Waals surface area contributed by atoms with Crippen molar-refractivity contribution >= 4 is 5.82 Å². The van der Waals surface area contributed by atoms with Crippen molar-refractivity contribution < 1.29 is 4.74 Å². The van der Waals surface area contributed by atoms with Crippen molar-refractivity contribution in [2.45, 2.75) is 46.8 Å². The highest BCUT2D eigenvalue weighted by Gasteiger charge is 2.14. The van der Waals surface area contributed by atoms with Gasteiger partial charge in [0.25, 0.3) is 0 Å². The predicted octanol–water partition coefficient (Wildman–Crippen LogP) is 3.42. The van der Waals surface area contributed by atoms with E-state index in [1.807, 2.05) is 19.1 Å². The van der Waals surface area contributed by atoms with Crippen molar-refractivity contribution in [2.75, 3.05) is 5.73 Å². The number of rotatable bonds is 3. The maximum atomic E-state index is 5.83. The third kappa shape index (κ3) is 3.13. The molecule has 0 aliphatic heterocycles. The van der Waals surface area contributed by atoms with Crippen LogP contribution in [-0.4, -0.2) is 9.78 Å². The zero-order valence-corrected chi connectivity index (χ0v) is 12.9. The molecule has 2 rings (SSSR count). The summed E-state index contributed by atoms with van der Waals surface area (Å²) in [5.74, 6) is 1.40. The van der Waals surface area contributed by atoms with Crippen LogP contribution in [0.1, 0.15) is 37.6 Å². The molecule has 0 aliphatic rings. The van der Waals surface area contributed by atoms with Crippen LogP contribution in [0.5, 0.6) is 5.75 Å². The molecule has 0 unspecified atom stereocenters. The molecule has 4 nitrogen and oxygen atoms in total. The molecule has 0 bridgehead atoms. The highest BCUT2D eigenvalue weighted by Crippen LogP contribution is 2.27. The van der Waals surface area contributed by atoms with E-state index < -0.39 is 0 Å². The monoisotopic (exact) mass is 273 g/mol. The van der Waals surface area contributed by atoms with Gasteiger partial charge in [-0.3, -0.25) is 0 Å². The lowest BCUT2D eigenvalue weighted by atomic mass is 9.86. The average Bonchev–Trinajstić information content (AvgIpc) is 2.65. The maximum Gasteiger partial charge on any atom is 0.181 e. The van der Waals surface area contributed by atoms with E-state index in [0.717, 1.165) is 17.0 Å². The van der Waals surface area contributed by atoms with Gasteiger partial charge in [-0.05, 0) is 36.5 Å². The van der Waals surface area contributed by atoms with Gasteiger partial charge in [-0.2, -0.15) is 5.10 Å². The molecule has 2 aromatic rings. The van der Waals surface area contributed by atoms with Crippen molar-refractivity contribution in [3.05, 3.63) is 41.1 Å². The number of nitrogens with two attached hydrogens (primary N) is 1. The van der Waals surface area contributed by atoms with Crippen molar-refractivity contribution in [2.24, 2.45) is 0 Å². The minimum absolute atomic E-state index is 0.149. The van der Waals surface area contributed by atoms with Gasteiger partial charge < -0.3 is 10.5 Å². The summed E-state index contributed by atoms with van der Waals surface area (Å²) >= 11 is 0. The Morgan fingerprint density at radius 3 is 2.40 bits per heavy atom. The van der Waals surface area contributed by atoms with E-state index in [1.165, 1.54) is 5.56 Å². The first-order valence-electron chi connectivity index (χ1n) is 6.81. The van der Waals surface area contributed by atoms with Gasteiger partial charge in [-0.15, -0.1) is 0 Å². The molecule has 0 spiro atoms. The summed E-state index contributed by atoms with van der Waals surface area (Å²) in [6, 6.07) is 8.16. The van der Waals surface area contributed by atoms with Gasteiger partial charge in [-0.1, -0.05) is 32.9 Å². The molecule has 0 atom stereocenters. The van der Waals surface area contributed by atoms with E-state index in [0.29, 0.717) is 12.5 Å². The predicted molar refractivity (Wildman–Crippen MR) is 81.9 cm³/mol. The lowest BCUT2D eigenvalue weighted by Gasteiger charge is -2.20. The first kappa shape index (κ1) is 14.4. The van der Waals surface area contributed by atoms with Gasteiger partial charge in [-0.25, -0.2) is 4.68 Å². The molecule has 1 aromatic carbocycles. The van der Waals surface area contributed by atoms with E-state index >= 15 is 0 Å². The third-order valence-corrected chi connectivity index (χ3v) is 3.38. The fourth-order valence-electron chi connectivity index (χ4n) is 2.07. The summed E-state index contributed by atoms with van der Waals surface area (Å²) in [5.41, 5.74) is 9.24. The molecule has 2 N–H and O–H groups in total. The van der Waals surface area contributed by atoms with Crippen molar-refractivity contribution in [1.29, 1.82) is 0 Å². The Morgan fingerprint density at radius 2 is 1.90 bits per heavy atom. The molecule has 20 heavy (non-hydrogen) atoms. The number of hydrogen-bond acceptors (Lipinski definition) is 3. The van der Waals surface area contributed by atoms with Gasteiger partial charge in [0.05, 0.1) is 0 Å². The molecule has 1 aromatic heterocycles. The number of ether oxygens (including phenoxy) is 1. The molecule has 108 valence electrons. The van der Waals surface area contributed by atoms with E-state index in [1.54, 1.807) is 4.68 Å². The highest BCUT2D eigenvalue weighted by molar-refractivity contribution is 5.38. The number of nitrogen functional groups attached to an aromatic ring is 1. The smallest absolute Gasteiger partial charge is 0.181 e. The van der Waals surface area contributed by atoms with Crippen molar-refractivity contribution in [1.82, 2.24) is 9.78 Å². The summed E-state index contributed by atoms with van der Waals surface area (Å²) in [7, 11) is 0. The minimum atomic E-state index is 0.149. The van der Waals surface area contributed by atoms with Gasteiger partial charge in [0.2, 0.25) is 0 Å². The summed E-state index contributed by atoms with van der Waals surface area (Å²) in [6.07, 6.45) is 0. The number of hydrogen-bond donors (Lipinski definition) is 1. The number of aromatic nitrogens is 2. The van der Waals surface area contributed by atoms with Crippen LogP contribution in [0.3, 0.4) is 0 Å². The van der Waals surface area contributed by atoms with Crippen LogP contribution in [0.2, 0.25) is 0 Å². The van der Waals surface area contributed by atoms with Crippen LogP contribution in [0.15, 0.2) is 24.3 Å². The summed E-state index contributed by atoms with van der Waals surface area (Å²) < 4.78 is 7.59. The molecule has 1 heterocycles. The SMILES string of the molecule is Cc1cc(C(C)(C)C)ccc1OCn1nc(N)cc1C. The number of aryl methyl sites for hydroxylation is 2. The second-order valence-corrected chi connectivity index (χ2v) is 6.21. The van der Waals surface area contributed by atoms with Crippen LogP contribution in [0.4, 0.5) is 5.82 Å².